The molecule has 194 valence electrons. The minimum absolute atomic E-state index is 0.120. The Balaban J connectivity index is 1.69. The molecule has 1 aromatic heterocycles. The molecule has 0 spiro atoms. The lowest BCUT2D eigenvalue weighted by Crippen LogP contribution is -2.23. The molecule has 2 N–H and O–H groups in total. The molecule has 3 aromatic rings. The first-order valence-corrected chi connectivity index (χ1v) is 12.5. The van der Waals surface area contributed by atoms with E-state index in [0.29, 0.717) is 64.7 Å². The number of anilines is 3. The molecular formula is C29H30N6O3. The summed E-state index contributed by atoms with van der Waals surface area (Å²) in [6, 6.07) is 10.8. The summed E-state index contributed by atoms with van der Waals surface area (Å²) < 4.78 is 11.7. The lowest BCUT2D eigenvalue weighted by Gasteiger charge is -2.18. The van der Waals surface area contributed by atoms with Gasteiger partial charge in [0.25, 0.3) is 0 Å². The molecule has 1 fully saturated rings. The summed E-state index contributed by atoms with van der Waals surface area (Å²) in [4.78, 5) is 23.8. The molecular weight excluding hydrogens is 480 g/mol. The zero-order chi connectivity index (χ0) is 26.9. The monoisotopic (exact) mass is 510 g/mol. The van der Waals surface area contributed by atoms with Gasteiger partial charge in [-0.3, -0.25) is 4.79 Å². The van der Waals surface area contributed by atoms with Crippen LogP contribution in [0, 0.1) is 23.7 Å². The molecule has 1 aliphatic heterocycles. The van der Waals surface area contributed by atoms with E-state index in [-0.39, 0.29) is 12.0 Å². The molecule has 9 heteroatoms. The average molecular weight is 511 g/mol. The SMILES string of the molecule is C#Cc1ccc(C#N)c(Nc2ncnc3cc(OC4CCOC4)c(NC(=O)C=CCN(CC)CC)cc23)c1. The van der Waals surface area contributed by atoms with Crippen molar-refractivity contribution in [3.05, 3.63) is 59.9 Å². The third-order valence-corrected chi connectivity index (χ3v) is 6.26. The van der Waals surface area contributed by atoms with E-state index in [9.17, 15) is 10.1 Å². The van der Waals surface area contributed by atoms with Crippen molar-refractivity contribution in [1.82, 2.24) is 14.9 Å². The number of hydrogen-bond acceptors (Lipinski definition) is 8. The molecule has 2 aromatic carbocycles. The minimum Gasteiger partial charge on any atom is -0.486 e. The van der Waals surface area contributed by atoms with E-state index in [2.05, 4.69) is 51.3 Å². The Hall–Kier alpha value is -4.44. The molecule has 9 nitrogen and oxygen atoms in total. The van der Waals surface area contributed by atoms with Crippen molar-refractivity contribution < 1.29 is 14.3 Å². The second kappa shape index (κ2) is 12.7. The minimum atomic E-state index is -0.274. The van der Waals surface area contributed by atoms with Gasteiger partial charge >= 0.3 is 0 Å². The van der Waals surface area contributed by atoms with Crippen molar-refractivity contribution in [3.8, 4) is 24.2 Å². The van der Waals surface area contributed by atoms with Gasteiger partial charge in [-0.05, 0) is 37.4 Å². The Bertz CT molecular complexity index is 1410. The van der Waals surface area contributed by atoms with Crippen LogP contribution in [0.1, 0.15) is 31.4 Å². The second-order valence-electron chi connectivity index (χ2n) is 8.71. The number of ether oxygens (including phenoxy) is 2. The smallest absolute Gasteiger partial charge is 0.248 e. The number of nitrogens with zero attached hydrogens (tertiary/aromatic N) is 4. The van der Waals surface area contributed by atoms with E-state index in [1.807, 2.05) is 6.08 Å². The number of aromatic nitrogens is 2. The second-order valence-corrected chi connectivity index (χ2v) is 8.71. The maximum Gasteiger partial charge on any atom is 0.248 e. The fourth-order valence-electron chi connectivity index (χ4n) is 4.09. The number of carbonyl (C=O) groups excluding carboxylic acids is 1. The number of carbonyl (C=O) groups is 1. The normalized spacial score (nSPS) is 14.9. The van der Waals surface area contributed by atoms with Crippen LogP contribution < -0.4 is 15.4 Å². The van der Waals surface area contributed by atoms with Crippen LogP contribution in [0.3, 0.4) is 0 Å². The Labute approximate surface area is 222 Å². The first-order chi connectivity index (χ1) is 18.5. The topological polar surface area (TPSA) is 112 Å². The van der Waals surface area contributed by atoms with Gasteiger partial charge in [-0.15, -0.1) is 6.42 Å². The number of rotatable bonds is 10. The zero-order valence-electron chi connectivity index (χ0n) is 21.5. The van der Waals surface area contributed by atoms with Gasteiger partial charge in [0.15, 0.2) is 0 Å². The number of nitrogens with one attached hydrogen (secondary N) is 2. The molecule has 38 heavy (non-hydrogen) atoms. The van der Waals surface area contributed by atoms with Crippen LogP contribution in [0.5, 0.6) is 5.75 Å². The van der Waals surface area contributed by atoms with Gasteiger partial charge in [-0.25, -0.2) is 9.97 Å². The molecule has 0 aliphatic carbocycles. The highest BCUT2D eigenvalue weighted by Crippen LogP contribution is 2.35. The quantitative estimate of drug-likeness (QED) is 0.308. The van der Waals surface area contributed by atoms with Crippen molar-refractivity contribution in [1.29, 1.82) is 5.26 Å². The Morgan fingerprint density at radius 1 is 1.26 bits per heavy atom. The van der Waals surface area contributed by atoms with Crippen molar-refractivity contribution >= 4 is 34.0 Å². The zero-order valence-corrected chi connectivity index (χ0v) is 21.5. The van der Waals surface area contributed by atoms with Crippen molar-refractivity contribution in [2.75, 3.05) is 43.5 Å². The summed E-state index contributed by atoms with van der Waals surface area (Å²) in [7, 11) is 0. The molecule has 2 heterocycles. The summed E-state index contributed by atoms with van der Waals surface area (Å²) in [6.07, 6.45) is 11.0. The van der Waals surface area contributed by atoms with Gasteiger partial charge < -0.3 is 25.0 Å². The maximum atomic E-state index is 12.8. The fourth-order valence-corrected chi connectivity index (χ4v) is 4.09. The van der Waals surface area contributed by atoms with Crippen LogP contribution in [0.25, 0.3) is 10.9 Å². The lowest BCUT2D eigenvalue weighted by molar-refractivity contribution is -0.111. The van der Waals surface area contributed by atoms with Crippen LogP contribution in [0.4, 0.5) is 17.2 Å². The van der Waals surface area contributed by atoms with Crippen LogP contribution in [-0.4, -0.2) is 59.7 Å². The lowest BCUT2D eigenvalue weighted by atomic mass is 10.1. The van der Waals surface area contributed by atoms with Crippen molar-refractivity contribution in [2.45, 2.75) is 26.4 Å². The molecule has 1 aliphatic rings. The predicted molar refractivity (Wildman–Crippen MR) is 147 cm³/mol. The highest BCUT2D eigenvalue weighted by Gasteiger charge is 2.21. The number of amides is 1. The van der Waals surface area contributed by atoms with E-state index < -0.39 is 0 Å². The van der Waals surface area contributed by atoms with Gasteiger partial charge in [-0.1, -0.05) is 25.8 Å². The summed E-state index contributed by atoms with van der Waals surface area (Å²) >= 11 is 0. The Kier molecular flexibility index (Phi) is 8.89. The molecule has 0 bridgehead atoms. The molecule has 0 saturated carbocycles. The van der Waals surface area contributed by atoms with E-state index >= 15 is 0 Å². The Morgan fingerprint density at radius 2 is 2.11 bits per heavy atom. The van der Waals surface area contributed by atoms with Crippen LogP contribution in [-0.2, 0) is 9.53 Å². The van der Waals surface area contributed by atoms with Crippen molar-refractivity contribution in [3.63, 3.8) is 0 Å². The van der Waals surface area contributed by atoms with Gasteiger partial charge in [0, 0.05) is 36.1 Å². The highest BCUT2D eigenvalue weighted by molar-refractivity contribution is 6.03. The third kappa shape index (κ3) is 6.46. The van der Waals surface area contributed by atoms with Gasteiger partial charge in [0.1, 0.15) is 30.1 Å². The van der Waals surface area contributed by atoms with Gasteiger partial charge in [0.2, 0.25) is 5.91 Å². The third-order valence-electron chi connectivity index (χ3n) is 6.26. The van der Waals surface area contributed by atoms with Gasteiger partial charge in [0.05, 0.1) is 35.7 Å². The summed E-state index contributed by atoms with van der Waals surface area (Å²) in [5, 5.41) is 16.4. The van der Waals surface area contributed by atoms with Gasteiger partial charge in [-0.2, -0.15) is 5.26 Å². The molecule has 1 unspecified atom stereocenters. The first kappa shape index (κ1) is 26.6. The summed E-state index contributed by atoms with van der Waals surface area (Å²) in [5.41, 5.74) is 2.67. The largest absolute Gasteiger partial charge is 0.486 e. The standard InChI is InChI=1S/C29H30N6O3/c1-4-20-9-10-21(17-30)24(14-20)34-29-23-15-26(33-28(36)8-7-12-35(5-2)6-3)27(16-25(23)31-19-32-29)38-22-11-13-37-18-22/h1,7-10,14-16,19,22H,5-6,11-13,18H2,2-3H3,(H,33,36)(H,31,32,34). The molecule has 1 atom stereocenters. The summed E-state index contributed by atoms with van der Waals surface area (Å²) in [6.45, 7) is 7.76. The Morgan fingerprint density at radius 3 is 2.82 bits per heavy atom. The van der Waals surface area contributed by atoms with Crippen LogP contribution in [0.15, 0.2) is 48.8 Å². The summed E-state index contributed by atoms with van der Waals surface area (Å²) in [5.74, 6) is 3.26. The molecule has 0 radical (unpaired) electrons. The molecule has 1 amide bonds. The average Bonchev–Trinajstić information content (AvgIpc) is 3.45. The number of benzene rings is 2. The van der Waals surface area contributed by atoms with E-state index in [1.165, 1.54) is 12.4 Å². The number of nitriles is 1. The first-order valence-electron chi connectivity index (χ1n) is 12.5. The number of hydrogen-bond donors (Lipinski definition) is 2. The highest BCUT2D eigenvalue weighted by atomic mass is 16.5. The van der Waals surface area contributed by atoms with Crippen LogP contribution >= 0.6 is 0 Å². The predicted octanol–water partition coefficient (Wildman–Crippen LogP) is 4.23. The molecule has 1 saturated heterocycles. The maximum absolute atomic E-state index is 12.8. The van der Waals surface area contributed by atoms with E-state index in [0.717, 1.165) is 19.5 Å². The number of likely N-dealkylation sites (N-methyl/N-ethyl adjacent to an activating group) is 1. The van der Waals surface area contributed by atoms with E-state index in [4.69, 9.17) is 15.9 Å². The van der Waals surface area contributed by atoms with Crippen molar-refractivity contribution in [2.24, 2.45) is 0 Å². The molecule has 4 rings (SSSR count). The number of terminal acetylenes is 1. The van der Waals surface area contributed by atoms with Crippen LogP contribution in [0.2, 0.25) is 0 Å². The van der Waals surface area contributed by atoms with E-state index in [1.54, 1.807) is 30.3 Å². The number of fused-ring (bicyclic) bond motifs is 1. The fraction of sp³-hybridized carbons (Fsp3) is 0.310.